The summed E-state index contributed by atoms with van der Waals surface area (Å²) in [5.74, 6) is -1.94. The van der Waals surface area contributed by atoms with Gasteiger partial charge >= 0.3 is 6.18 Å². The van der Waals surface area contributed by atoms with Crippen LogP contribution < -0.4 is 0 Å². The van der Waals surface area contributed by atoms with E-state index in [2.05, 4.69) is 0 Å². The van der Waals surface area contributed by atoms with Crippen LogP contribution in [0.5, 0.6) is 0 Å². The lowest BCUT2D eigenvalue weighted by atomic mass is 10.1. The lowest BCUT2D eigenvalue weighted by Gasteiger charge is -2.04. The molecule has 0 fully saturated rings. The van der Waals surface area contributed by atoms with Crippen molar-refractivity contribution in [2.24, 2.45) is 0 Å². The molecule has 14 heavy (non-hydrogen) atoms. The number of halogens is 3. The molecule has 0 saturated heterocycles. The molecule has 0 heterocycles. The van der Waals surface area contributed by atoms with Gasteiger partial charge in [0.2, 0.25) is 0 Å². The van der Waals surface area contributed by atoms with E-state index >= 15 is 0 Å². The molecule has 2 nitrogen and oxygen atoms in total. The highest BCUT2D eigenvalue weighted by atomic mass is 19.4. The fourth-order valence-electron chi connectivity index (χ4n) is 0.894. The van der Waals surface area contributed by atoms with Crippen molar-refractivity contribution in [1.29, 1.82) is 5.26 Å². The molecule has 0 aliphatic rings. The molecule has 0 amide bonds. The maximum atomic E-state index is 11.9. The first-order valence-electron chi connectivity index (χ1n) is 3.57. The molecule has 72 valence electrons. The second-order valence-corrected chi connectivity index (χ2v) is 2.52. The highest BCUT2D eigenvalue weighted by Gasteiger charge is 2.39. The minimum atomic E-state index is -4.89. The van der Waals surface area contributed by atoms with Gasteiger partial charge in [-0.1, -0.05) is 12.1 Å². The number of nitriles is 1. The van der Waals surface area contributed by atoms with Gasteiger partial charge in [-0.15, -0.1) is 0 Å². The molecular weight excluding hydrogens is 195 g/mol. The molecule has 5 heteroatoms. The number of ketones is 1. The van der Waals surface area contributed by atoms with Crippen molar-refractivity contribution in [3.8, 4) is 6.07 Å². The first-order valence-corrected chi connectivity index (χ1v) is 3.57. The van der Waals surface area contributed by atoms with Crippen LogP contribution in [-0.4, -0.2) is 12.0 Å². The van der Waals surface area contributed by atoms with Gasteiger partial charge in [0, 0.05) is 5.56 Å². The number of nitrogens with zero attached hydrogens (tertiary/aromatic N) is 1. The fourth-order valence-corrected chi connectivity index (χ4v) is 0.894. The maximum Gasteiger partial charge on any atom is 0.454 e. The second kappa shape index (κ2) is 3.50. The van der Waals surface area contributed by atoms with Crippen LogP contribution in [0.2, 0.25) is 0 Å². The topological polar surface area (TPSA) is 40.9 Å². The standard InChI is InChI=1S/C9H4F3NO/c10-9(11,12)8(14)7-3-1-2-6(4-7)5-13/h1-4H. The first kappa shape index (κ1) is 10.3. The smallest absolute Gasteiger partial charge is 0.284 e. The lowest BCUT2D eigenvalue weighted by Crippen LogP contribution is -2.22. The molecule has 0 spiro atoms. The van der Waals surface area contributed by atoms with E-state index in [-0.39, 0.29) is 5.56 Å². The molecule has 0 unspecified atom stereocenters. The molecule has 1 aromatic rings. The van der Waals surface area contributed by atoms with Crippen molar-refractivity contribution < 1.29 is 18.0 Å². The van der Waals surface area contributed by atoms with E-state index in [4.69, 9.17) is 5.26 Å². The average molecular weight is 199 g/mol. The summed E-state index contributed by atoms with van der Waals surface area (Å²) in [5, 5.41) is 8.40. The Morgan fingerprint density at radius 2 is 2.00 bits per heavy atom. The van der Waals surface area contributed by atoms with E-state index in [1.54, 1.807) is 6.07 Å². The molecule has 0 bridgehead atoms. The van der Waals surface area contributed by atoms with Crippen molar-refractivity contribution in [1.82, 2.24) is 0 Å². The normalized spacial score (nSPS) is 10.7. The zero-order chi connectivity index (χ0) is 10.8. The largest absolute Gasteiger partial charge is 0.454 e. The van der Waals surface area contributed by atoms with E-state index in [0.717, 1.165) is 12.1 Å². The summed E-state index contributed by atoms with van der Waals surface area (Å²) in [6, 6.07) is 6.15. The number of carbonyl (C=O) groups is 1. The molecule has 0 aliphatic heterocycles. The second-order valence-electron chi connectivity index (χ2n) is 2.52. The number of benzene rings is 1. The maximum absolute atomic E-state index is 11.9. The van der Waals surface area contributed by atoms with Gasteiger partial charge in [-0.25, -0.2) is 0 Å². The van der Waals surface area contributed by atoms with Crippen molar-refractivity contribution in [2.45, 2.75) is 6.18 Å². The molecule has 1 aromatic carbocycles. The average Bonchev–Trinajstić information content (AvgIpc) is 2.15. The molecule has 1 rings (SSSR count). The van der Waals surface area contributed by atoms with Crippen molar-refractivity contribution >= 4 is 5.78 Å². The minimum absolute atomic E-state index is 0.0279. The van der Waals surface area contributed by atoms with Crippen LogP contribution in [0.1, 0.15) is 15.9 Å². The van der Waals surface area contributed by atoms with Crippen LogP contribution in [0.15, 0.2) is 24.3 Å². The van der Waals surface area contributed by atoms with Gasteiger partial charge in [0.15, 0.2) is 0 Å². The van der Waals surface area contributed by atoms with E-state index in [1.807, 2.05) is 0 Å². The van der Waals surface area contributed by atoms with Crippen LogP contribution >= 0.6 is 0 Å². The third kappa shape index (κ3) is 2.10. The van der Waals surface area contributed by atoms with E-state index in [1.165, 1.54) is 12.1 Å². The predicted molar refractivity (Wildman–Crippen MR) is 41.5 cm³/mol. The Morgan fingerprint density at radius 1 is 1.36 bits per heavy atom. The molecule has 0 atom stereocenters. The number of Topliss-reactive ketones (excluding diaryl/α,β-unsaturated/α-hetero) is 1. The summed E-state index contributed by atoms with van der Waals surface area (Å²) in [4.78, 5) is 10.7. The van der Waals surface area contributed by atoms with Gasteiger partial charge in [0.1, 0.15) is 0 Å². The predicted octanol–water partition coefficient (Wildman–Crippen LogP) is 2.30. The molecule has 0 aromatic heterocycles. The number of rotatable bonds is 1. The van der Waals surface area contributed by atoms with Gasteiger partial charge in [0.25, 0.3) is 5.78 Å². The summed E-state index contributed by atoms with van der Waals surface area (Å²) < 4.78 is 35.8. The summed E-state index contributed by atoms with van der Waals surface area (Å²) >= 11 is 0. The summed E-state index contributed by atoms with van der Waals surface area (Å²) in [5.41, 5.74) is -0.489. The van der Waals surface area contributed by atoms with Crippen LogP contribution in [0.25, 0.3) is 0 Å². The number of hydrogen-bond donors (Lipinski definition) is 0. The highest BCUT2D eigenvalue weighted by molar-refractivity contribution is 6.00. The Morgan fingerprint density at radius 3 is 2.50 bits per heavy atom. The monoisotopic (exact) mass is 199 g/mol. The van der Waals surface area contributed by atoms with Gasteiger partial charge in [0.05, 0.1) is 11.6 Å². The Labute approximate surface area is 77.6 Å². The van der Waals surface area contributed by atoms with Crippen molar-refractivity contribution in [3.05, 3.63) is 35.4 Å². The van der Waals surface area contributed by atoms with Crippen molar-refractivity contribution in [2.75, 3.05) is 0 Å². The Balaban J connectivity index is 3.10. The Kier molecular flexibility index (Phi) is 2.56. The number of hydrogen-bond acceptors (Lipinski definition) is 2. The zero-order valence-electron chi connectivity index (χ0n) is 6.80. The van der Waals surface area contributed by atoms with Crippen LogP contribution in [0.3, 0.4) is 0 Å². The van der Waals surface area contributed by atoms with Gasteiger partial charge in [-0.2, -0.15) is 18.4 Å². The van der Waals surface area contributed by atoms with E-state index in [9.17, 15) is 18.0 Å². The molecular formula is C9H4F3NO. The fraction of sp³-hybridized carbons (Fsp3) is 0.111. The third-order valence-corrected chi connectivity index (χ3v) is 1.51. The SMILES string of the molecule is N#Cc1cccc(C(=O)C(F)(F)F)c1. The number of alkyl halides is 3. The highest BCUT2D eigenvalue weighted by Crippen LogP contribution is 2.21. The first-order chi connectivity index (χ1) is 6.45. The van der Waals surface area contributed by atoms with Crippen LogP contribution in [0, 0.1) is 11.3 Å². The summed E-state index contributed by atoms with van der Waals surface area (Å²) in [7, 11) is 0. The molecule has 0 aliphatic carbocycles. The molecule has 0 radical (unpaired) electrons. The molecule has 0 saturated carbocycles. The minimum Gasteiger partial charge on any atom is -0.284 e. The van der Waals surface area contributed by atoms with Crippen molar-refractivity contribution in [3.63, 3.8) is 0 Å². The third-order valence-electron chi connectivity index (χ3n) is 1.51. The van der Waals surface area contributed by atoms with E-state index < -0.39 is 17.5 Å². The quantitative estimate of drug-likeness (QED) is 0.651. The summed E-state index contributed by atoms with van der Waals surface area (Å²) in [6.07, 6.45) is -4.89. The van der Waals surface area contributed by atoms with Gasteiger partial charge < -0.3 is 0 Å². The molecule has 0 N–H and O–H groups in total. The Hall–Kier alpha value is -1.83. The van der Waals surface area contributed by atoms with Gasteiger partial charge in [-0.3, -0.25) is 4.79 Å². The Bertz CT molecular complexity index is 403. The van der Waals surface area contributed by atoms with E-state index in [0.29, 0.717) is 0 Å². The summed E-state index contributed by atoms with van der Waals surface area (Å²) in [6.45, 7) is 0. The number of carbonyl (C=O) groups excluding carboxylic acids is 1. The lowest BCUT2D eigenvalue weighted by molar-refractivity contribution is -0.0885. The van der Waals surface area contributed by atoms with Gasteiger partial charge in [-0.05, 0) is 12.1 Å². The zero-order valence-corrected chi connectivity index (χ0v) is 6.80. The van der Waals surface area contributed by atoms with Crippen LogP contribution in [0.4, 0.5) is 13.2 Å². The van der Waals surface area contributed by atoms with Crippen LogP contribution in [-0.2, 0) is 0 Å².